The van der Waals surface area contributed by atoms with E-state index in [-0.39, 0.29) is 19.0 Å². The van der Waals surface area contributed by atoms with E-state index in [1.807, 2.05) is 0 Å². The van der Waals surface area contributed by atoms with E-state index in [0.29, 0.717) is 0 Å². The van der Waals surface area contributed by atoms with Crippen molar-refractivity contribution in [3.63, 3.8) is 0 Å². The van der Waals surface area contributed by atoms with Crippen LogP contribution in [-0.2, 0) is 18.8 Å². The standard InChI is InChI=1S/C5H12O5S2/c1-5(4-11)10-12(7,8)9-3-2-6/h5-6,11H,2-4H2,1H3. The summed E-state index contributed by atoms with van der Waals surface area (Å²) in [6.45, 7) is 0.895. The van der Waals surface area contributed by atoms with Gasteiger partial charge in [-0.1, -0.05) is 0 Å². The lowest BCUT2D eigenvalue weighted by atomic mass is 10.5. The summed E-state index contributed by atoms with van der Waals surface area (Å²) in [4.78, 5) is 0. The molecule has 0 heterocycles. The van der Waals surface area contributed by atoms with Gasteiger partial charge in [-0.3, -0.25) is 0 Å². The van der Waals surface area contributed by atoms with Crippen molar-refractivity contribution in [2.24, 2.45) is 0 Å². The maximum Gasteiger partial charge on any atom is 0.400 e. The van der Waals surface area contributed by atoms with Crippen molar-refractivity contribution < 1.29 is 21.9 Å². The topological polar surface area (TPSA) is 72.8 Å². The zero-order valence-electron chi connectivity index (χ0n) is 6.63. The lowest BCUT2D eigenvalue weighted by Crippen LogP contribution is -2.20. The van der Waals surface area contributed by atoms with Crippen LogP contribution in [0.1, 0.15) is 6.92 Å². The van der Waals surface area contributed by atoms with Crippen molar-refractivity contribution in [1.82, 2.24) is 0 Å². The number of hydrogen-bond donors (Lipinski definition) is 2. The average Bonchev–Trinajstić information content (AvgIpc) is 2.00. The predicted octanol–water partition coefficient (Wildman–Crippen LogP) is -0.425. The minimum absolute atomic E-state index is 0.279. The van der Waals surface area contributed by atoms with Crippen LogP contribution in [0.25, 0.3) is 0 Å². The number of rotatable bonds is 6. The predicted molar refractivity (Wildman–Crippen MR) is 46.4 cm³/mol. The molecule has 0 saturated heterocycles. The molecule has 0 aromatic rings. The van der Waals surface area contributed by atoms with Gasteiger partial charge in [-0.25, -0.2) is 8.37 Å². The monoisotopic (exact) mass is 216 g/mol. The Hall–Kier alpha value is 0.180. The minimum Gasteiger partial charge on any atom is -0.394 e. The van der Waals surface area contributed by atoms with E-state index in [1.165, 1.54) is 0 Å². The van der Waals surface area contributed by atoms with Gasteiger partial charge in [0.15, 0.2) is 0 Å². The van der Waals surface area contributed by atoms with Crippen molar-refractivity contribution in [3.8, 4) is 0 Å². The van der Waals surface area contributed by atoms with Crippen LogP contribution in [0.3, 0.4) is 0 Å². The third-order valence-corrected chi connectivity index (χ3v) is 2.39. The van der Waals surface area contributed by atoms with Gasteiger partial charge < -0.3 is 5.11 Å². The van der Waals surface area contributed by atoms with E-state index in [2.05, 4.69) is 21.0 Å². The first-order valence-electron chi connectivity index (χ1n) is 3.31. The maximum atomic E-state index is 10.8. The van der Waals surface area contributed by atoms with Gasteiger partial charge in [0.1, 0.15) is 0 Å². The largest absolute Gasteiger partial charge is 0.400 e. The third kappa shape index (κ3) is 5.78. The van der Waals surface area contributed by atoms with E-state index < -0.39 is 16.5 Å². The zero-order valence-corrected chi connectivity index (χ0v) is 8.35. The van der Waals surface area contributed by atoms with Crippen LogP contribution in [0.2, 0.25) is 0 Å². The van der Waals surface area contributed by atoms with E-state index in [4.69, 9.17) is 5.11 Å². The fraction of sp³-hybridized carbons (Fsp3) is 1.00. The van der Waals surface area contributed by atoms with Crippen LogP contribution in [0.4, 0.5) is 0 Å². The summed E-state index contributed by atoms with van der Waals surface area (Å²) < 4.78 is 30.2. The molecule has 0 spiro atoms. The number of thiol groups is 1. The van der Waals surface area contributed by atoms with E-state index >= 15 is 0 Å². The van der Waals surface area contributed by atoms with E-state index in [0.717, 1.165) is 0 Å². The summed E-state index contributed by atoms with van der Waals surface area (Å²) in [7, 11) is -3.96. The van der Waals surface area contributed by atoms with Crippen molar-refractivity contribution in [3.05, 3.63) is 0 Å². The first-order chi connectivity index (χ1) is 5.52. The first-order valence-corrected chi connectivity index (χ1v) is 5.27. The van der Waals surface area contributed by atoms with Gasteiger partial charge in [0.25, 0.3) is 0 Å². The Labute approximate surface area is 77.4 Å². The van der Waals surface area contributed by atoms with Gasteiger partial charge in [-0.05, 0) is 6.92 Å². The van der Waals surface area contributed by atoms with Gasteiger partial charge in [0.2, 0.25) is 0 Å². The van der Waals surface area contributed by atoms with Gasteiger partial charge in [-0.2, -0.15) is 21.0 Å². The maximum absolute atomic E-state index is 10.8. The fourth-order valence-electron chi connectivity index (χ4n) is 0.399. The SMILES string of the molecule is CC(CS)OS(=O)(=O)OCCO. The Bertz CT molecular complexity index is 200. The molecule has 7 heteroatoms. The third-order valence-electron chi connectivity index (χ3n) is 0.858. The Morgan fingerprint density at radius 2 is 2.17 bits per heavy atom. The molecule has 0 rings (SSSR count). The van der Waals surface area contributed by atoms with Gasteiger partial charge in [0.05, 0.1) is 19.3 Å². The summed E-state index contributed by atoms with van der Waals surface area (Å²) >= 11 is 3.82. The van der Waals surface area contributed by atoms with Gasteiger partial charge in [0, 0.05) is 5.75 Å². The molecule has 0 bridgehead atoms. The second-order valence-electron chi connectivity index (χ2n) is 2.04. The Morgan fingerprint density at radius 3 is 2.58 bits per heavy atom. The van der Waals surface area contributed by atoms with Crippen LogP contribution in [0, 0.1) is 0 Å². The van der Waals surface area contributed by atoms with Crippen LogP contribution >= 0.6 is 12.6 Å². The summed E-state index contributed by atoms with van der Waals surface area (Å²) in [5, 5.41) is 8.26. The molecule has 0 fully saturated rings. The Morgan fingerprint density at radius 1 is 1.58 bits per heavy atom. The Kier molecular flexibility index (Phi) is 5.85. The smallest absolute Gasteiger partial charge is 0.394 e. The molecule has 1 atom stereocenters. The lowest BCUT2D eigenvalue weighted by molar-refractivity contribution is 0.152. The van der Waals surface area contributed by atoms with E-state index in [9.17, 15) is 8.42 Å². The second kappa shape index (κ2) is 5.76. The minimum atomic E-state index is -3.96. The molecule has 1 N–H and O–H groups in total. The normalized spacial score (nSPS) is 14.6. The average molecular weight is 216 g/mol. The van der Waals surface area contributed by atoms with E-state index in [1.54, 1.807) is 6.92 Å². The molecule has 0 amide bonds. The van der Waals surface area contributed by atoms with Crippen LogP contribution in [0.15, 0.2) is 0 Å². The highest BCUT2D eigenvalue weighted by Crippen LogP contribution is 2.02. The van der Waals surface area contributed by atoms with Crippen molar-refractivity contribution in [2.75, 3.05) is 19.0 Å². The van der Waals surface area contributed by atoms with Crippen LogP contribution < -0.4 is 0 Å². The molecule has 12 heavy (non-hydrogen) atoms. The highest BCUT2D eigenvalue weighted by Gasteiger charge is 2.15. The molecule has 0 aliphatic rings. The molecule has 0 aliphatic carbocycles. The quantitative estimate of drug-likeness (QED) is 0.590. The molecule has 0 saturated carbocycles. The summed E-state index contributed by atoms with van der Waals surface area (Å²) in [6.07, 6.45) is -0.531. The summed E-state index contributed by atoms with van der Waals surface area (Å²) in [5.74, 6) is 0.279. The highest BCUT2D eigenvalue weighted by molar-refractivity contribution is 7.82. The Balaban J connectivity index is 3.88. The molecular formula is C5H12O5S2. The number of aliphatic hydroxyl groups is 1. The van der Waals surface area contributed by atoms with Crippen LogP contribution in [-0.4, -0.2) is 38.6 Å². The molecule has 74 valence electrons. The second-order valence-corrected chi connectivity index (χ2v) is 3.65. The number of aliphatic hydroxyl groups excluding tert-OH is 1. The number of hydrogen-bond acceptors (Lipinski definition) is 6. The van der Waals surface area contributed by atoms with Gasteiger partial charge in [-0.15, -0.1) is 0 Å². The molecule has 1 unspecified atom stereocenters. The molecular weight excluding hydrogens is 204 g/mol. The zero-order chi connectivity index (χ0) is 9.61. The molecule has 0 aliphatic heterocycles. The van der Waals surface area contributed by atoms with Crippen LogP contribution in [0.5, 0.6) is 0 Å². The summed E-state index contributed by atoms with van der Waals surface area (Å²) in [5.41, 5.74) is 0. The summed E-state index contributed by atoms with van der Waals surface area (Å²) in [6, 6.07) is 0. The van der Waals surface area contributed by atoms with Crippen molar-refractivity contribution in [1.29, 1.82) is 0 Å². The van der Waals surface area contributed by atoms with Crippen molar-refractivity contribution >= 4 is 23.0 Å². The molecule has 0 aromatic heterocycles. The molecule has 0 radical (unpaired) electrons. The lowest BCUT2D eigenvalue weighted by Gasteiger charge is -2.08. The highest BCUT2D eigenvalue weighted by atomic mass is 32.3. The fourth-order valence-corrected chi connectivity index (χ4v) is 1.38. The molecule has 5 nitrogen and oxygen atoms in total. The van der Waals surface area contributed by atoms with Crippen molar-refractivity contribution in [2.45, 2.75) is 13.0 Å². The van der Waals surface area contributed by atoms with Gasteiger partial charge >= 0.3 is 10.4 Å². The first kappa shape index (κ1) is 12.2. The molecule has 0 aromatic carbocycles.